The standard InChI is InChI=1S/C30H20Br2ClN3O3/c1-17-6-8-18(9-7-17)30(38)39-26-13-11-20(31)14-19(26)16-34-36-29(37)28-27(22-4-2-3-5-24(22)33)23-15-21(32)10-12-25(23)35-28/h2-16,35H,1H3,(H,36,37). The zero-order chi connectivity index (χ0) is 27.5. The lowest BCUT2D eigenvalue weighted by molar-refractivity contribution is 0.0734. The first-order valence-corrected chi connectivity index (χ1v) is 13.7. The van der Waals surface area contributed by atoms with Gasteiger partial charge in [0.2, 0.25) is 0 Å². The lowest BCUT2D eigenvalue weighted by atomic mass is 10.0. The quantitative estimate of drug-likeness (QED) is 0.0829. The normalized spacial score (nSPS) is 11.2. The van der Waals surface area contributed by atoms with Crippen molar-refractivity contribution in [1.82, 2.24) is 10.4 Å². The molecular formula is C30H20Br2ClN3O3. The molecule has 4 aromatic carbocycles. The number of nitrogens with one attached hydrogen (secondary N) is 2. The number of carbonyl (C=O) groups is 2. The predicted octanol–water partition coefficient (Wildman–Crippen LogP) is 8.30. The summed E-state index contributed by atoms with van der Waals surface area (Å²) in [5.41, 5.74) is 7.02. The van der Waals surface area contributed by atoms with Crippen molar-refractivity contribution in [2.24, 2.45) is 5.10 Å². The van der Waals surface area contributed by atoms with Gasteiger partial charge in [0.05, 0.1) is 11.8 Å². The Balaban J connectivity index is 1.43. The fourth-order valence-electron chi connectivity index (χ4n) is 4.06. The minimum Gasteiger partial charge on any atom is -0.422 e. The van der Waals surface area contributed by atoms with Crippen molar-refractivity contribution in [3.8, 4) is 16.9 Å². The van der Waals surface area contributed by atoms with Gasteiger partial charge in [-0.05, 0) is 61.5 Å². The zero-order valence-electron chi connectivity index (χ0n) is 20.5. The molecule has 0 saturated heterocycles. The summed E-state index contributed by atoms with van der Waals surface area (Å²) in [7, 11) is 0. The summed E-state index contributed by atoms with van der Waals surface area (Å²) in [6.45, 7) is 1.94. The van der Waals surface area contributed by atoms with Crippen LogP contribution >= 0.6 is 43.5 Å². The van der Waals surface area contributed by atoms with Crippen molar-refractivity contribution in [2.75, 3.05) is 0 Å². The van der Waals surface area contributed by atoms with E-state index in [-0.39, 0.29) is 0 Å². The van der Waals surface area contributed by atoms with Crippen LogP contribution in [0.3, 0.4) is 0 Å². The molecule has 0 radical (unpaired) electrons. The van der Waals surface area contributed by atoms with Crippen LogP contribution in [0.25, 0.3) is 22.0 Å². The second kappa shape index (κ2) is 11.6. The van der Waals surface area contributed by atoms with Crippen molar-refractivity contribution in [3.05, 3.63) is 121 Å². The number of fused-ring (bicyclic) bond motifs is 1. The first kappa shape index (κ1) is 26.9. The first-order valence-electron chi connectivity index (χ1n) is 11.8. The molecule has 0 aliphatic rings. The highest BCUT2D eigenvalue weighted by atomic mass is 79.9. The monoisotopic (exact) mass is 663 g/mol. The number of aryl methyl sites for hydroxylation is 1. The highest BCUT2D eigenvalue weighted by Crippen LogP contribution is 2.37. The Kier molecular flexibility index (Phi) is 7.97. The van der Waals surface area contributed by atoms with Crippen LogP contribution in [0.5, 0.6) is 5.75 Å². The molecule has 0 aliphatic carbocycles. The van der Waals surface area contributed by atoms with Crippen molar-refractivity contribution in [2.45, 2.75) is 6.92 Å². The van der Waals surface area contributed by atoms with Crippen LogP contribution in [0, 0.1) is 6.92 Å². The Hall–Kier alpha value is -3.72. The molecule has 1 aromatic heterocycles. The minimum atomic E-state index is -0.496. The van der Waals surface area contributed by atoms with E-state index in [9.17, 15) is 9.59 Å². The Morgan fingerprint density at radius 2 is 1.67 bits per heavy atom. The number of carbonyl (C=O) groups excluding carboxylic acids is 2. The number of nitrogens with zero attached hydrogens (tertiary/aromatic N) is 1. The van der Waals surface area contributed by atoms with Gasteiger partial charge >= 0.3 is 5.97 Å². The number of esters is 1. The number of halogens is 3. The molecule has 1 amide bonds. The van der Waals surface area contributed by atoms with Gasteiger partial charge in [-0.1, -0.05) is 79.4 Å². The van der Waals surface area contributed by atoms with Gasteiger partial charge in [-0.25, -0.2) is 10.2 Å². The summed E-state index contributed by atoms with van der Waals surface area (Å²) in [4.78, 5) is 29.2. The summed E-state index contributed by atoms with van der Waals surface area (Å²) in [6, 6.07) is 25.3. The van der Waals surface area contributed by atoms with Gasteiger partial charge < -0.3 is 9.72 Å². The molecular weight excluding hydrogens is 646 g/mol. The highest BCUT2D eigenvalue weighted by Gasteiger charge is 2.21. The fraction of sp³-hybridized carbons (Fsp3) is 0.0333. The number of H-pyrrole nitrogens is 1. The maximum absolute atomic E-state index is 13.3. The molecule has 5 rings (SSSR count). The number of hydrazone groups is 1. The van der Waals surface area contributed by atoms with E-state index in [2.05, 4.69) is 47.4 Å². The molecule has 0 spiro atoms. The average molecular weight is 666 g/mol. The van der Waals surface area contributed by atoms with E-state index in [0.717, 1.165) is 31.0 Å². The average Bonchev–Trinajstić information content (AvgIpc) is 3.29. The first-order chi connectivity index (χ1) is 18.8. The molecule has 0 saturated carbocycles. The lowest BCUT2D eigenvalue weighted by Gasteiger charge is -2.09. The van der Waals surface area contributed by atoms with Gasteiger partial charge in [-0.3, -0.25) is 4.79 Å². The molecule has 0 atom stereocenters. The molecule has 0 unspecified atom stereocenters. The smallest absolute Gasteiger partial charge is 0.343 e. The number of rotatable bonds is 6. The van der Waals surface area contributed by atoms with Crippen LogP contribution in [-0.4, -0.2) is 23.1 Å². The maximum atomic E-state index is 13.3. The maximum Gasteiger partial charge on any atom is 0.343 e. The molecule has 5 aromatic rings. The summed E-state index contributed by atoms with van der Waals surface area (Å²) in [6.07, 6.45) is 1.43. The van der Waals surface area contributed by atoms with Crippen LogP contribution in [0.4, 0.5) is 0 Å². The number of amides is 1. The molecule has 194 valence electrons. The highest BCUT2D eigenvalue weighted by molar-refractivity contribution is 9.10. The van der Waals surface area contributed by atoms with Gasteiger partial charge in [-0.15, -0.1) is 0 Å². The molecule has 0 fully saturated rings. The lowest BCUT2D eigenvalue weighted by Crippen LogP contribution is -2.19. The van der Waals surface area contributed by atoms with Gasteiger partial charge in [0.1, 0.15) is 11.4 Å². The molecule has 1 heterocycles. The van der Waals surface area contributed by atoms with E-state index < -0.39 is 11.9 Å². The summed E-state index contributed by atoms with van der Waals surface area (Å²) < 4.78 is 7.25. The van der Waals surface area contributed by atoms with E-state index in [0.29, 0.717) is 33.2 Å². The van der Waals surface area contributed by atoms with E-state index in [1.165, 1.54) is 6.21 Å². The molecule has 2 N–H and O–H groups in total. The Morgan fingerprint density at radius 3 is 2.44 bits per heavy atom. The van der Waals surface area contributed by atoms with E-state index in [1.807, 2.05) is 55.5 Å². The topological polar surface area (TPSA) is 83.5 Å². The third-order valence-corrected chi connectivity index (χ3v) is 7.28. The number of aromatic nitrogens is 1. The second-order valence-corrected chi connectivity index (χ2v) is 10.9. The van der Waals surface area contributed by atoms with Crippen LogP contribution < -0.4 is 10.2 Å². The van der Waals surface area contributed by atoms with Crippen LogP contribution in [0.2, 0.25) is 5.02 Å². The second-order valence-electron chi connectivity index (χ2n) is 8.68. The largest absolute Gasteiger partial charge is 0.422 e. The number of ether oxygens (including phenoxy) is 1. The van der Waals surface area contributed by atoms with E-state index in [1.54, 1.807) is 36.4 Å². The Bertz CT molecular complexity index is 1750. The predicted molar refractivity (Wildman–Crippen MR) is 162 cm³/mol. The Morgan fingerprint density at radius 1 is 0.949 bits per heavy atom. The Labute approximate surface area is 246 Å². The molecule has 0 aliphatic heterocycles. The van der Waals surface area contributed by atoms with Gasteiger partial charge in [0.15, 0.2) is 0 Å². The van der Waals surface area contributed by atoms with Crippen LogP contribution in [-0.2, 0) is 0 Å². The molecule has 9 heteroatoms. The number of hydrogen-bond acceptors (Lipinski definition) is 4. The van der Waals surface area contributed by atoms with Crippen molar-refractivity contribution < 1.29 is 14.3 Å². The fourth-order valence-corrected chi connectivity index (χ4v) is 5.03. The summed E-state index contributed by atoms with van der Waals surface area (Å²) in [5.74, 6) is -0.652. The van der Waals surface area contributed by atoms with Gasteiger partial charge in [-0.2, -0.15) is 5.10 Å². The van der Waals surface area contributed by atoms with Crippen LogP contribution in [0.1, 0.15) is 32.0 Å². The van der Waals surface area contributed by atoms with E-state index in [4.69, 9.17) is 16.3 Å². The minimum absolute atomic E-state index is 0.300. The SMILES string of the molecule is Cc1ccc(C(=O)Oc2ccc(Br)cc2C=NNC(=O)c2[nH]c3ccc(Br)cc3c2-c2ccccc2Cl)cc1. The third-order valence-electron chi connectivity index (χ3n) is 5.96. The van der Waals surface area contributed by atoms with Crippen molar-refractivity contribution in [1.29, 1.82) is 0 Å². The van der Waals surface area contributed by atoms with Crippen molar-refractivity contribution in [3.63, 3.8) is 0 Å². The third kappa shape index (κ3) is 5.98. The number of aromatic amines is 1. The van der Waals surface area contributed by atoms with Crippen LogP contribution in [0.15, 0.2) is 99.0 Å². The molecule has 0 bridgehead atoms. The summed E-state index contributed by atoms with van der Waals surface area (Å²) >= 11 is 13.4. The van der Waals surface area contributed by atoms with Crippen molar-refractivity contribution >= 4 is 72.5 Å². The molecule has 6 nitrogen and oxygen atoms in total. The number of hydrogen-bond donors (Lipinski definition) is 2. The summed E-state index contributed by atoms with van der Waals surface area (Å²) in [5, 5.41) is 5.51. The molecule has 39 heavy (non-hydrogen) atoms. The van der Waals surface area contributed by atoms with Gasteiger partial charge in [0.25, 0.3) is 5.91 Å². The number of benzene rings is 4. The van der Waals surface area contributed by atoms with E-state index >= 15 is 0 Å². The van der Waals surface area contributed by atoms with Gasteiger partial charge in [0, 0.05) is 41.6 Å². The zero-order valence-corrected chi connectivity index (χ0v) is 24.4.